The van der Waals surface area contributed by atoms with Crippen LogP contribution in [-0.4, -0.2) is 14.8 Å². The van der Waals surface area contributed by atoms with E-state index in [1.54, 1.807) is 0 Å². The number of para-hydroxylation sites is 5. The van der Waals surface area contributed by atoms with Gasteiger partial charge in [0.1, 0.15) is 11.5 Å². The van der Waals surface area contributed by atoms with Gasteiger partial charge >= 0.3 is 0 Å². The molecule has 4 nitrogen and oxygen atoms in total. The average molecular weight is 968 g/mol. The third-order valence-electron chi connectivity index (χ3n) is 14.8. The number of rotatable bonds is 9. The SMILES string of the molecule is c1ccc(N(c2ccccc2)c2ccc3c(c2)[Si](c2ccccc2)(c2ccccc2)c2cc(N(c4ccccc4)c4ccccc4)ccc2N3c2cc3c4c(c2)Sc2ccccc2B4c2ccccc2O3)cc1. The molecule has 3 heterocycles. The molecule has 0 saturated heterocycles. The molecule has 0 saturated carbocycles. The van der Waals surface area contributed by atoms with E-state index in [9.17, 15) is 0 Å². The predicted molar refractivity (Wildman–Crippen MR) is 309 cm³/mol. The average Bonchev–Trinajstić information content (AvgIpc) is 3.46. The minimum atomic E-state index is -3.29. The van der Waals surface area contributed by atoms with Crippen molar-refractivity contribution in [2.75, 3.05) is 14.7 Å². The minimum absolute atomic E-state index is 0.0626. The maximum atomic E-state index is 7.08. The van der Waals surface area contributed by atoms with E-state index in [0.29, 0.717) is 0 Å². The maximum Gasteiger partial charge on any atom is 0.253 e. The molecule has 73 heavy (non-hydrogen) atoms. The molecule has 11 aromatic rings. The molecule has 0 bridgehead atoms. The van der Waals surface area contributed by atoms with Crippen molar-refractivity contribution in [1.82, 2.24) is 0 Å². The molecule has 11 aromatic carbocycles. The van der Waals surface area contributed by atoms with E-state index in [4.69, 9.17) is 4.74 Å². The summed E-state index contributed by atoms with van der Waals surface area (Å²) in [5.41, 5.74) is 13.6. The zero-order valence-corrected chi connectivity index (χ0v) is 41.6. The van der Waals surface area contributed by atoms with E-state index in [0.717, 1.165) is 62.7 Å². The fourth-order valence-corrected chi connectivity index (χ4v) is 18.1. The highest BCUT2D eigenvalue weighted by Gasteiger charge is 2.50. The van der Waals surface area contributed by atoms with Gasteiger partial charge in [-0.15, -0.1) is 0 Å². The van der Waals surface area contributed by atoms with Crippen LogP contribution in [0.15, 0.2) is 289 Å². The van der Waals surface area contributed by atoms with Crippen molar-refractivity contribution >= 4 is 115 Å². The fraction of sp³-hybridized carbons (Fsp3) is 0. The van der Waals surface area contributed by atoms with Crippen molar-refractivity contribution in [2.24, 2.45) is 0 Å². The van der Waals surface area contributed by atoms with E-state index < -0.39 is 8.07 Å². The third kappa shape index (κ3) is 7.07. The second-order valence-corrected chi connectivity index (χ2v) is 23.6. The summed E-state index contributed by atoms with van der Waals surface area (Å²) < 4.78 is 7.08. The molecule has 344 valence electrons. The van der Waals surface area contributed by atoms with E-state index in [1.165, 1.54) is 46.9 Å². The molecule has 0 amide bonds. The first kappa shape index (κ1) is 43.1. The standard InChI is InChI=1S/C66H46BN3OSSi/c1-7-23-47(24-8-1)68(48-25-9-2-10-26-48)51-39-41-58-64(45-51)73(54-31-15-5-16-32-54,55-33-17-6-18-34-55)65-46-52(69(49-27-11-3-12-28-49)50-29-13-4-14-30-50)40-42-59(65)70(58)53-43-61-66-63(44-53)72-62-38-22-20-36-57(62)67(66)56-35-19-21-37-60(56)71-61/h1-46H. The third-order valence-corrected chi connectivity index (χ3v) is 20.7. The number of anilines is 9. The van der Waals surface area contributed by atoms with Crippen LogP contribution in [0.2, 0.25) is 0 Å². The Morgan fingerprint density at radius 2 is 0.781 bits per heavy atom. The van der Waals surface area contributed by atoms with Gasteiger partial charge in [-0.1, -0.05) is 187 Å². The number of benzene rings is 11. The second-order valence-electron chi connectivity index (χ2n) is 18.8. The number of ether oxygens (including phenoxy) is 1. The van der Waals surface area contributed by atoms with Crippen molar-refractivity contribution in [3.63, 3.8) is 0 Å². The highest BCUT2D eigenvalue weighted by atomic mass is 32.2. The maximum absolute atomic E-state index is 7.08. The van der Waals surface area contributed by atoms with Gasteiger partial charge < -0.3 is 19.4 Å². The minimum Gasteiger partial charge on any atom is -0.458 e. The summed E-state index contributed by atoms with van der Waals surface area (Å²) in [5.74, 6) is 1.80. The van der Waals surface area contributed by atoms with Crippen molar-refractivity contribution in [2.45, 2.75) is 9.79 Å². The largest absolute Gasteiger partial charge is 0.458 e. The Balaban J connectivity index is 1.09. The van der Waals surface area contributed by atoms with Crippen molar-refractivity contribution < 1.29 is 4.74 Å². The number of hydrogen-bond acceptors (Lipinski definition) is 5. The van der Waals surface area contributed by atoms with E-state index in [1.807, 2.05) is 11.8 Å². The van der Waals surface area contributed by atoms with E-state index in [2.05, 4.69) is 294 Å². The first-order valence-electron chi connectivity index (χ1n) is 24.9. The normalized spacial score (nSPS) is 13.3. The van der Waals surface area contributed by atoms with Gasteiger partial charge in [-0.25, -0.2) is 0 Å². The lowest BCUT2D eigenvalue weighted by atomic mass is 9.35. The number of hydrogen-bond donors (Lipinski definition) is 0. The smallest absolute Gasteiger partial charge is 0.253 e. The molecule has 3 aliphatic rings. The van der Waals surface area contributed by atoms with Crippen LogP contribution in [0, 0.1) is 0 Å². The Hall–Kier alpha value is -8.75. The lowest BCUT2D eigenvalue weighted by molar-refractivity contribution is 0.486. The van der Waals surface area contributed by atoms with Crippen LogP contribution in [0.1, 0.15) is 0 Å². The van der Waals surface area contributed by atoms with Gasteiger partial charge in [0.05, 0.1) is 5.69 Å². The number of nitrogens with zero attached hydrogens (tertiary/aromatic N) is 3. The van der Waals surface area contributed by atoms with Crippen molar-refractivity contribution in [3.05, 3.63) is 279 Å². The predicted octanol–water partition coefficient (Wildman–Crippen LogP) is 12.9. The second kappa shape index (κ2) is 17.8. The van der Waals surface area contributed by atoms with Crippen LogP contribution in [0.5, 0.6) is 11.5 Å². The van der Waals surface area contributed by atoms with Gasteiger partial charge in [0, 0.05) is 61.4 Å². The first-order valence-corrected chi connectivity index (χ1v) is 27.8. The summed E-state index contributed by atoms with van der Waals surface area (Å²) >= 11 is 1.85. The molecule has 0 aliphatic carbocycles. The van der Waals surface area contributed by atoms with Gasteiger partial charge in [-0.2, -0.15) is 0 Å². The van der Waals surface area contributed by atoms with Crippen molar-refractivity contribution in [1.29, 1.82) is 0 Å². The summed E-state index contributed by atoms with van der Waals surface area (Å²) in [4.78, 5) is 9.83. The Morgan fingerprint density at radius 1 is 0.356 bits per heavy atom. The molecule has 0 N–H and O–H groups in total. The Labute approximate surface area is 432 Å². The molecule has 0 unspecified atom stereocenters. The molecule has 0 atom stereocenters. The quantitative estimate of drug-likeness (QED) is 0.134. The van der Waals surface area contributed by atoms with Crippen LogP contribution >= 0.6 is 11.8 Å². The molecule has 0 spiro atoms. The lowest BCUT2D eigenvalue weighted by Gasteiger charge is -2.46. The summed E-state index contributed by atoms with van der Waals surface area (Å²) in [5, 5.41) is 5.21. The molecule has 3 aliphatic heterocycles. The summed E-state index contributed by atoms with van der Waals surface area (Å²) in [6, 6.07) is 102. The fourth-order valence-electron chi connectivity index (χ4n) is 11.7. The van der Waals surface area contributed by atoms with Crippen LogP contribution in [0.3, 0.4) is 0 Å². The summed E-state index contributed by atoms with van der Waals surface area (Å²) in [6.45, 7) is 0.0626. The Kier molecular flexibility index (Phi) is 10.5. The van der Waals surface area contributed by atoms with Crippen LogP contribution in [-0.2, 0) is 0 Å². The molecular weight excluding hydrogens is 922 g/mol. The summed E-state index contributed by atoms with van der Waals surface area (Å²) in [6.07, 6.45) is 0. The highest BCUT2D eigenvalue weighted by Crippen LogP contribution is 2.47. The monoisotopic (exact) mass is 967 g/mol. The van der Waals surface area contributed by atoms with Gasteiger partial charge in [0.2, 0.25) is 0 Å². The zero-order chi connectivity index (χ0) is 48.3. The lowest BCUT2D eigenvalue weighted by Crippen LogP contribution is -2.77. The Morgan fingerprint density at radius 3 is 1.27 bits per heavy atom. The van der Waals surface area contributed by atoms with Crippen LogP contribution in [0.4, 0.5) is 51.2 Å². The molecule has 14 rings (SSSR count). The van der Waals surface area contributed by atoms with Crippen LogP contribution < -0.4 is 56.6 Å². The van der Waals surface area contributed by atoms with Gasteiger partial charge in [-0.05, 0) is 135 Å². The van der Waals surface area contributed by atoms with E-state index in [-0.39, 0.29) is 6.71 Å². The number of fused-ring (bicyclic) bond motifs is 6. The first-order chi connectivity index (χ1) is 36.2. The molecule has 0 aromatic heterocycles. The van der Waals surface area contributed by atoms with Gasteiger partial charge in [0.25, 0.3) is 6.71 Å². The Bertz CT molecular complexity index is 3510. The summed E-state index contributed by atoms with van der Waals surface area (Å²) in [7, 11) is -3.29. The highest BCUT2D eigenvalue weighted by molar-refractivity contribution is 8.00. The van der Waals surface area contributed by atoms with Crippen LogP contribution in [0.25, 0.3) is 0 Å². The molecule has 7 heteroatoms. The molecule has 0 fully saturated rings. The topological polar surface area (TPSA) is 19.0 Å². The van der Waals surface area contributed by atoms with Gasteiger partial charge in [0.15, 0.2) is 8.07 Å². The molecule has 0 radical (unpaired) electrons. The molecular formula is C66H46BN3OSSi. The zero-order valence-electron chi connectivity index (χ0n) is 39.8. The van der Waals surface area contributed by atoms with E-state index >= 15 is 0 Å². The van der Waals surface area contributed by atoms with Crippen molar-refractivity contribution in [3.8, 4) is 11.5 Å². The van der Waals surface area contributed by atoms with Gasteiger partial charge in [-0.3, -0.25) is 0 Å².